The molecule has 0 aliphatic heterocycles. The largest absolute Gasteiger partial charge is 0.396 e. The number of unbranched alkanes of at least 4 members (excludes halogenated alkanes) is 5. The van der Waals surface area contributed by atoms with Gasteiger partial charge in [-0.05, 0) is 63.7 Å². The molecule has 0 aromatic rings. The van der Waals surface area contributed by atoms with Gasteiger partial charge in [0.2, 0.25) is 5.91 Å². The Labute approximate surface area is 146 Å². The maximum absolute atomic E-state index is 10.9. The van der Waals surface area contributed by atoms with Crippen LogP contribution >= 0.6 is 0 Å². The minimum absolute atomic E-state index is 0.241. The van der Waals surface area contributed by atoms with Crippen LogP contribution in [0.15, 0.2) is 24.3 Å². The molecule has 1 amide bonds. The molecule has 4 heteroatoms. The van der Waals surface area contributed by atoms with Crippen LogP contribution in [0.2, 0.25) is 0 Å². The summed E-state index contributed by atoms with van der Waals surface area (Å²) in [7, 11) is 0. The number of amides is 1. The van der Waals surface area contributed by atoms with E-state index in [-0.39, 0.29) is 12.5 Å². The molecule has 1 rings (SSSR count). The highest BCUT2D eigenvalue weighted by Gasteiger charge is 2.37. The molecule has 1 fully saturated rings. The predicted octanol–water partition coefficient (Wildman–Crippen LogP) is 3.62. The van der Waals surface area contributed by atoms with Crippen molar-refractivity contribution in [2.75, 3.05) is 6.61 Å². The lowest BCUT2D eigenvalue weighted by Gasteiger charge is -2.26. The number of aliphatic hydroxyl groups is 2. The molecule has 4 N–H and O–H groups in total. The lowest BCUT2D eigenvalue weighted by Crippen LogP contribution is -2.30. The summed E-state index contributed by atoms with van der Waals surface area (Å²) in [5.74, 6) is 0.0607. The second-order valence-corrected chi connectivity index (χ2v) is 6.97. The molecule has 0 bridgehead atoms. The molecule has 0 radical (unpaired) electrons. The maximum atomic E-state index is 10.9. The van der Waals surface area contributed by atoms with Gasteiger partial charge in [-0.25, -0.2) is 0 Å². The lowest BCUT2D eigenvalue weighted by molar-refractivity contribution is -0.118. The first-order valence-corrected chi connectivity index (χ1v) is 9.52. The van der Waals surface area contributed by atoms with Crippen LogP contribution in [-0.2, 0) is 4.79 Å². The fourth-order valence-corrected chi connectivity index (χ4v) is 3.41. The van der Waals surface area contributed by atoms with Gasteiger partial charge in [0.25, 0.3) is 0 Å². The average Bonchev–Trinajstić information content (AvgIpc) is 2.91. The summed E-state index contributed by atoms with van der Waals surface area (Å²) in [4.78, 5) is 10.7. The first-order valence-electron chi connectivity index (χ1n) is 9.52. The summed E-state index contributed by atoms with van der Waals surface area (Å²) >= 11 is 0. The van der Waals surface area contributed by atoms with E-state index < -0.39 is 5.60 Å². The van der Waals surface area contributed by atoms with E-state index in [1.807, 2.05) is 6.08 Å². The van der Waals surface area contributed by atoms with Gasteiger partial charge < -0.3 is 15.9 Å². The molecule has 4 nitrogen and oxygen atoms in total. The summed E-state index contributed by atoms with van der Waals surface area (Å²) in [5.41, 5.74) is 4.47. The topological polar surface area (TPSA) is 83.6 Å². The van der Waals surface area contributed by atoms with Crippen molar-refractivity contribution in [3.8, 4) is 0 Å². The van der Waals surface area contributed by atoms with Gasteiger partial charge in [-0.15, -0.1) is 0 Å². The second-order valence-electron chi connectivity index (χ2n) is 6.97. The highest BCUT2D eigenvalue weighted by atomic mass is 16.3. The molecule has 1 aliphatic rings. The normalized spacial score (nSPS) is 24.3. The second kappa shape index (κ2) is 12.3. The van der Waals surface area contributed by atoms with E-state index >= 15 is 0 Å². The minimum Gasteiger partial charge on any atom is -0.396 e. The van der Waals surface area contributed by atoms with Crippen molar-refractivity contribution in [2.45, 2.75) is 82.7 Å². The maximum Gasteiger partial charge on any atom is 0.217 e. The van der Waals surface area contributed by atoms with Crippen LogP contribution in [-0.4, -0.2) is 28.3 Å². The third-order valence-electron chi connectivity index (χ3n) is 4.90. The standard InChI is InChI=1S/C20H35NO3/c21-19(23)14-8-4-3-7-12-18-13-11-16-20(18,24)15-9-5-1-2-6-10-17-22/h3,7,9,15,18,22,24H,1-2,4-6,8,10-14,16-17H2,(H2,21,23)/t18-,20-/m1/s1. The van der Waals surface area contributed by atoms with Crippen molar-refractivity contribution in [3.05, 3.63) is 24.3 Å². The molecule has 0 saturated heterocycles. The molecule has 138 valence electrons. The van der Waals surface area contributed by atoms with Crippen LogP contribution in [0.1, 0.15) is 77.0 Å². The quantitative estimate of drug-likeness (QED) is 0.354. The molecule has 0 spiro atoms. The Kier molecular flexibility index (Phi) is 10.7. The van der Waals surface area contributed by atoms with Gasteiger partial charge in [0.1, 0.15) is 0 Å². The zero-order valence-electron chi connectivity index (χ0n) is 15.0. The van der Waals surface area contributed by atoms with Gasteiger partial charge in [-0.2, -0.15) is 0 Å². The van der Waals surface area contributed by atoms with Crippen molar-refractivity contribution in [3.63, 3.8) is 0 Å². The van der Waals surface area contributed by atoms with Gasteiger partial charge in [-0.1, -0.05) is 37.1 Å². The van der Waals surface area contributed by atoms with Crippen LogP contribution in [0, 0.1) is 5.92 Å². The Hall–Kier alpha value is -1.13. The summed E-state index contributed by atoms with van der Waals surface area (Å²) in [6.07, 6.45) is 19.7. The summed E-state index contributed by atoms with van der Waals surface area (Å²) in [6, 6.07) is 0. The van der Waals surface area contributed by atoms with Gasteiger partial charge >= 0.3 is 0 Å². The van der Waals surface area contributed by atoms with Crippen LogP contribution < -0.4 is 5.73 Å². The molecule has 2 atom stereocenters. The predicted molar refractivity (Wildman–Crippen MR) is 98.4 cm³/mol. The smallest absolute Gasteiger partial charge is 0.217 e. The van der Waals surface area contributed by atoms with Gasteiger partial charge in [0.15, 0.2) is 0 Å². The van der Waals surface area contributed by atoms with Crippen molar-refractivity contribution in [2.24, 2.45) is 11.7 Å². The van der Waals surface area contributed by atoms with E-state index in [1.165, 1.54) is 0 Å². The Morgan fingerprint density at radius 2 is 1.83 bits per heavy atom. The van der Waals surface area contributed by atoms with Gasteiger partial charge in [-0.3, -0.25) is 4.79 Å². The highest BCUT2D eigenvalue weighted by Crippen LogP contribution is 2.39. The molecule has 1 aliphatic carbocycles. The van der Waals surface area contributed by atoms with Crippen molar-refractivity contribution < 1.29 is 15.0 Å². The Bertz CT molecular complexity index is 406. The Morgan fingerprint density at radius 3 is 2.58 bits per heavy atom. The zero-order chi connectivity index (χ0) is 17.7. The molecular weight excluding hydrogens is 302 g/mol. The van der Waals surface area contributed by atoms with Crippen molar-refractivity contribution in [1.29, 1.82) is 0 Å². The SMILES string of the molecule is NC(=O)CCCC=CC[C@@H]1CCC[C@]1(O)C=CCCCCCCO. The highest BCUT2D eigenvalue weighted by molar-refractivity contribution is 5.73. The van der Waals surface area contributed by atoms with Gasteiger partial charge in [0.05, 0.1) is 5.60 Å². The number of allylic oxidation sites excluding steroid dienone is 3. The number of nitrogens with two attached hydrogens (primary N) is 1. The molecule has 0 heterocycles. The molecular formula is C20H35NO3. The van der Waals surface area contributed by atoms with E-state index in [1.54, 1.807) is 0 Å². The van der Waals surface area contributed by atoms with Crippen LogP contribution in [0.25, 0.3) is 0 Å². The number of hydrogen-bond acceptors (Lipinski definition) is 3. The van der Waals surface area contributed by atoms with Crippen LogP contribution in [0.3, 0.4) is 0 Å². The number of aliphatic hydroxyl groups excluding tert-OH is 1. The number of carbonyl (C=O) groups excluding carboxylic acids is 1. The minimum atomic E-state index is -0.650. The number of carbonyl (C=O) groups is 1. The first-order chi connectivity index (χ1) is 11.6. The fourth-order valence-electron chi connectivity index (χ4n) is 3.41. The molecule has 0 aromatic heterocycles. The summed E-state index contributed by atoms with van der Waals surface area (Å²) in [5, 5.41) is 19.6. The van der Waals surface area contributed by atoms with Gasteiger partial charge in [0, 0.05) is 13.0 Å². The Morgan fingerprint density at radius 1 is 1.08 bits per heavy atom. The monoisotopic (exact) mass is 337 g/mol. The molecule has 0 unspecified atom stereocenters. The number of hydrogen-bond donors (Lipinski definition) is 3. The van der Waals surface area contributed by atoms with E-state index in [2.05, 4.69) is 18.2 Å². The van der Waals surface area contributed by atoms with E-state index in [9.17, 15) is 9.90 Å². The molecule has 0 aromatic carbocycles. The van der Waals surface area contributed by atoms with Crippen LogP contribution in [0.5, 0.6) is 0 Å². The number of rotatable bonds is 13. The van der Waals surface area contributed by atoms with E-state index in [4.69, 9.17) is 10.8 Å². The molecule has 1 saturated carbocycles. The van der Waals surface area contributed by atoms with E-state index in [0.717, 1.165) is 70.6 Å². The lowest BCUT2D eigenvalue weighted by atomic mass is 9.87. The fraction of sp³-hybridized carbons (Fsp3) is 0.750. The third kappa shape index (κ3) is 8.65. The van der Waals surface area contributed by atoms with E-state index in [0.29, 0.717) is 12.3 Å². The number of primary amides is 1. The average molecular weight is 338 g/mol. The van der Waals surface area contributed by atoms with Crippen LogP contribution in [0.4, 0.5) is 0 Å². The van der Waals surface area contributed by atoms with Crippen molar-refractivity contribution in [1.82, 2.24) is 0 Å². The zero-order valence-corrected chi connectivity index (χ0v) is 15.0. The van der Waals surface area contributed by atoms with Crippen molar-refractivity contribution >= 4 is 5.91 Å². The first kappa shape index (κ1) is 20.9. The summed E-state index contributed by atoms with van der Waals surface area (Å²) < 4.78 is 0. The Balaban J connectivity index is 2.26. The molecule has 24 heavy (non-hydrogen) atoms. The summed E-state index contributed by atoms with van der Waals surface area (Å²) in [6.45, 7) is 0.285. The third-order valence-corrected chi connectivity index (χ3v) is 4.90.